The minimum Gasteiger partial charge on any atom is -0.388 e. The molecule has 0 atom stereocenters. The molecule has 0 aliphatic rings. The third kappa shape index (κ3) is 4.16. The van der Waals surface area contributed by atoms with Crippen LogP contribution >= 0.6 is 0 Å². The van der Waals surface area contributed by atoms with Crippen molar-refractivity contribution in [2.75, 3.05) is 6.54 Å². The molecule has 0 saturated heterocycles. The van der Waals surface area contributed by atoms with E-state index in [2.05, 4.69) is 15.3 Å². The number of rotatable bonds is 6. The van der Waals surface area contributed by atoms with Crippen LogP contribution < -0.4 is 11.0 Å². The zero-order valence-corrected chi connectivity index (χ0v) is 12.5. The molecule has 1 rings (SSSR count). The number of aliphatic hydroxyl groups is 1. The molecule has 0 fully saturated rings. The highest BCUT2D eigenvalue weighted by Crippen LogP contribution is 2.13. The molecular formula is C14H23N3O3. The lowest BCUT2D eigenvalue weighted by Gasteiger charge is -2.25. The molecule has 3 N–H and O–H groups in total. The summed E-state index contributed by atoms with van der Waals surface area (Å²) in [6.07, 6.45) is 1.31. The van der Waals surface area contributed by atoms with E-state index in [1.54, 1.807) is 13.8 Å². The molecule has 0 saturated carbocycles. The van der Waals surface area contributed by atoms with Crippen LogP contribution in [0.1, 0.15) is 43.6 Å². The van der Waals surface area contributed by atoms with Gasteiger partial charge in [0.25, 0.3) is 0 Å². The summed E-state index contributed by atoms with van der Waals surface area (Å²) in [5.41, 5.74) is 0.666. The third-order valence-electron chi connectivity index (χ3n) is 3.72. The van der Waals surface area contributed by atoms with Gasteiger partial charge in [-0.3, -0.25) is 4.79 Å². The Morgan fingerprint density at radius 1 is 1.35 bits per heavy atom. The van der Waals surface area contributed by atoms with Crippen molar-refractivity contribution in [3.63, 3.8) is 0 Å². The molecule has 6 nitrogen and oxygen atoms in total. The van der Waals surface area contributed by atoms with Crippen LogP contribution in [-0.2, 0) is 11.2 Å². The van der Waals surface area contributed by atoms with Gasteiger partial charge < -0.3 is 15.4 Å². The Morgan fingerprint density at radius 2 is 1.95 bits per heavy atom. The zero-order chi connectivity index (χ0) is 15.3. The van der Waals surface area contributed by atoms with E-state index in [4.69, 9.17) is 0 Å². The van der Waals surface area contributed by atoms with E-state index >= 15 is 0 Å². The summed E-state index contributed by atoms with van der Waals surface area (Å²) in [4.78, 5) is 29.5. The first-order valence-corrected chi connectivity index (χ1v) is 6.86. The fourth-order valence-electron chi connectivity index (χ4n) is 2.00. The summed E-state index contributed by atoms with van der Waals surface area (Å²) >= 11 is 0. The minimum absolute atomic E-state index is 0.144. The van der Waals surface area contributed by atoms with Gasteiger partial charge >= 0.3 is 5.69 Å². The van der Waals surface area contributed by atoms with Crippen LogP contribution in [0.15, 0.2) is 4.79 Å². The number of carbonyl (C=O) groups excluding carboxylic acids is 1. The number of aromatic nitrogens is 2. The Balaban J connectivity index is 2.71. The van der Waals surface area contributed by atoms with Crippen LogP contribution in [0.2, 0.25) is 0 Å². The van der Waals surface area contributed by atoms with Gasteiger partial charge in [0, 0.05) is 23.5 Å². The van der Waals surface area contributed by atoms with E-state index in [0.29, 0.717) is 24.2 Å². The van der Waals surface area contributed by atoms with E-state index < -0.39 is 11.3 Å². The Bertz CT molecular complexity index is 507. The number of aromatic amines is 1. The first-order valence-electron chi connectivity index (χ1n) is 6.86. The van der Waals surface area contributed by atoms with Crippen LogP contribution in [0, 0.1) is 13.8 Å². The predicted octanol–water partition coefficient (Wildman–Crippen LogP) is 0.597. The van der Waals surface area contributed by atoms with E-state index in [1.165, 1.54) is 0 Å². The summed E-state index contributed by atoms with van der Waals surface area (Å²) in [6.45, 7) is 7.45. The van der Waals surface area contributed by atoms with E-state index in [1.807, 2.05) is 13.8 Å². The lowest BCUT2D eigenvalue weighted by molar-refractivity contribution is -0.121. The zero-order valence-electron chi connectivity index (χ0n) is 12.5. The number of nitrogens with one attached hydrogen (secondary N) is 2. The third-order valence-corrected chi connectivity index (χ3v) is 3.72. The molecule has 6 heteroatoms. The first-order chi connectivity index (χ1) is 9.31. The Labute approximate surface area is 118 Å². The van der Waals surface area contributed by atoms with Crippen molar-refractivity contribution in [2.24, 2.45) is 0 Å². The lowest BCUT2D eigenvalue weighted by atomic mass is 9.97. The standard InChI is InChI=1S/C14H23N3O3/c1-5-14(20,6-2)8-15-12(18)7-11-9(3)16-13(19)17-10(11)4/h20H,5-8H2,1-4H3,(H,15,18)(H,16,17,19). The monoisotopic (exact) mass is 281 g/mol. The van der Waals surface area contributed by atoms with Crippen LogP contribution in [0.25, 0.3) is 0 Å². The van der Waals surface area contributed by atoms with E-state index in [0.717, 1.165) is 5.56 Å². The largest absolute Gasteiger partial charge is 0.388 e. The molecule has 1 aromatic heterocycles. The van der Waals surface area contributed by atoms with Crippen molar-refractivity contribution < 1.29 is 9.90 Å². The molecule has 1 amide bonds. The van der Waals surface area contributed by atoms with Crippen LogP contribution in [0.4, 0.5) is 0 Å². The van der Waals surface area contributed by atoms with Gasteiger partial charge in [0.1, 0.15) is 0 Å². The number of aryl methyl sites for hydroxylation is 2. The van der Waals surface area contributed by atoms with Crippen LogP contribution in [0.3, 0.4) is 0 Å². The van der Waals surface area contributed by atoms with Gasteiger partial charge in [-0.05, 0) is 26.7 Å². The summed E-state index contributed by atoms with van der Waals surface area (Å²) in [5, 5.41) is 12.8. The molecule has 0 unspecified atom stereocenters. The number of carbonyl (C=O) groups is 1. The second-order valence-corrected chi connectivity index (χ2v) is 5.12. The molecule has 20 heavy (non-hydrogen) atoms. The molecule has 0 aliphatic heterocycles. The summed E-state index contributed by atoms with van der Waals surface area (Å²) in [7, 11) is 0. The Hall–Kier alpha value is -1.69. The molecule has 1 heterocycles. The van der Waals surface area contributed by atoms with Crippen LogP contribution in [0.5, 0.6) is 0 Å². The quantitative estimate of drug-likeness (QED) is 0.711. The molecule has 0 radical (unpaired) electrons. The maximum absolute atomic E-state index is 11.9. The van der Waals surface area contributed by atoms with Gasteiger partial charge in [-0.25, -0.2) is 4.79 Å². The summed E-state index contributed by atoms with van der Waals surface area (Å²) in [5.74, 6) is -0.189. The van der Waals surface area contributed by atoms with Gasteiger partial charge in [-0.2, -0.15) is 4.98 Å². The molecule has 0 spiro atoms. The summed E-state index contributed by atoms with van der Waals surface area (Å²) < 4.78 is 0. The highest BCUT2D eigenvalue weighted by atomic mass is 16.3. The average molecular weight is 281 g/mol. The van der Waals surface area contributed by atoms with Crippen molar-refractivity contribution in [1.29, 1.82) is 0 Å². The molecular weight excluding hydrogens is 258 g/mol. The normalized spacial score (nSPS) is 11.4. The highest BCUT2D eigenvalue weighted by Gasteiger charge is 2.23. The van der Waals surface area contributed by atoms with Gasteiger partial charge in [-0.1, -0.05) is 13.8 Å². The molecule has 0 bridgehead atoms. The lowest BCUT2D eigenvalue weighted by Crippen LogP contribution is -2.42. The fourth-order valence-corrected chi connectivity index (χ4v) is 2.00. The number of nitrogens with zero attached hydrogens (tertiary/aromatic N) is 1. The molecule has 1 aromatic rings. The molecule has 0 aliphatic carbocycles. The molecule has 112 valence electrons. The van der Waals surface area contributed by atoms with Crippen molar-refractivity contribution >= 4 is 5.91 Å². The Morgan fingerprint density at radius 3 is 2.45 bits per heavy atom. The van der Waals surface area contributed by atoms with Crippen molar-refractivity contribution in [2.45, 2.75) is 52.6 Å². The van der Waals surface area contributed by atoms with Gasteiger partial charge in [0.05, 0.1) is 12.0 Å². The van der Waals surface area contributed by atoms with Crippen molar-refractivity contribution in [1.82, 2.24) is 15.3 Å². The second kappa shape index (κ2) is 6.65. The second-order valence-electron chi connectivity index (χ2n) is 5.12. The first kappa shape index (κ1) is 16.4. The van der Waals surface area contributed by atoms with Crippen LogP contribution in [-0.4, -0.2) is 33.1 Å². The fraction of sp³-hybridized carbons (Fsp3) is 0.643. The van der Waals surface area contributed by atoms with Gasteiger partial charge in [0.2, 0.25) is 5.91 Å². The van der Waals surface area contributed by atoms with Crippen molar-refractivity contribution in [3.8, 4) is 0 Å². The maximum atomic E-state index is 11.9. The van der Waals surface area contributed by atoms with E-state index in [-0.39, 0.29) is 18.9 Å². The van der Waals surface area contributed by atoms with E-state index in [9.17, 15) is 14.7 Å². The Kier molecular flexibility index (Phi) is 5.44. The van der Waals surface area contributed by atoms with Gasteiger partial charge in [-0.15, -0.1) is 0 Å². The topological polar surface area (TPSA) is 95.1 Å². The summed E-state index contributed by atoms with van der Waals surface area (Å²) in [6, 6.07) is 0. The van der Waals surface area contributed by atoms with Gasteiger partial charge in [0.15, 0.2) is 0 Å². The maximum Gasteiger partial charge on any atom is 0.345 e. The number of hydrogen-bond acceptors (Lipinski definition) is 4. The predicted molar refractivity (Wildman–Crippen MR) is 76.6 cm³/mol. The number of amides is 1. The smallest absolute Gasteiger partial charge is 0.345 e. The highest BCUT2D eigenvalue weighted by molar-refractivity contribution is 5.79. The minimum atomic E-state index is -0.858. The number of hydrogen-bond donors (Lipinski definition) is 3. The molecule has 0 aromatic carbocycles. The van der Waals surface area contributed by atoms with Crippen molar-refractivity contribution in [3.05, 3.63) is 27.4 Å². The number of H-pyrrole nitrogens is 1. The SMILES string of the molecule is CCC(O)(CC)CNC(=O)Cc1c(C)nc(=O)[nH]c1C. The average Bonchev–Trinajstić information content (AvgIpc) is 2.40.